The summed E-state index contributed by atoms with van der Waals surface area (Å²) in [6, 6.07) is 17.4. The van der Waals surface area contributed by atoms with Gasteiger partial charge in [-0.2, -0.15) is 5.10 Å². The van der Waals surface area contributed by atoms with E-state index in [1.54, 1.807) is 37.6 Å². The Morgan fingerprint density at radius 1 is 1.09 bits per heavy atom. The number of nitrogens with zero attached hydrogens (tertiary/aromatic N) is 2. The van der Waals surface area contributed by atoms with Gasteiger partial charge in [0.25, 0.3) is 5.69 Å². The van der Waals surface area contributed by atoms with Gasteiger partial charge in [-0.25, -0.2) is 0 Å². The Bertz CT molecular complexity index is 1120. The molecule has 33 heavy (non-hydrogen) atoms. The van der Waals surface area contributed by atoms with Crippen LogP contribution in [0.25, 0.3) is 0 Å². The van der Waals surface area contributed by atoms with E-state index >= 15 is 0 Å². The van der Waals surface area contributed by atoms with Crippen LogP contribution in [0, 0.1) is 10.1 Å². The van der Waals surface area contributed by atoms with Gasteiger partial charge in [0.15, 0.2) is 11.5 Å². The van der Waals surface area contributed by atoms with E-state index in [9.17, 15) is 10.1 Å². The molecule has 0 saturated heterocycles. The van der Waals surface area contributed by atoms with Crippen molar-refractivity contribution in [1.29, 1.82) is 0 Å². The largest absolute Gasteiger partial charge is 0.496 e. The third kappa shape index (κ3) is 6.60. The molecule has 9 heteroatoms. The van der Waals surface area contributed by atoms with Gasteiger partial charge in [-0.1, -0.05) is 29.8 Å². The molecule has 0 aliphatic carbocycles. The van der Waals surface area contributed by atoms with Crippen LogP contribution in [0.5, 0.6) is 17.2 Å². The van der Waals surface area contributed by atoms with E-state index < -0.39 is 4.92 Å². The fraction of sp³-hybridized carbons (Fsp3) is 0.208. The van der Waals surface area contributed by atoms with Gasteiger partial charge in [-0.3, -0.25) is 10.1 Å². The van der Waals surface area contributed by atoms with Crippen molar-refractivity contribution in [3.05, 3.63) is 92.5 Å². The van der Waals surface area contributed by atoms with Crippen LogP contribution in [-0.4, -0.2) is 24.9 Å². The lowest BCUT2D eigenvalue weighted by atomic mass is 10.2. The molecule has 0 amide bonds. The number of methoxy groups -OCH3 is 1. The Balaban J connectivity index is 1.68. The molecule has 8 nitrogen and oxygen atoms in total. The molecule has 0 atom stereocenters. The minimum absolute atomic E-state index is 0.0229. The van der Waals surface area contributed by atoms with Gasteiger partial charge in [0, 0.05) is 17.7 Å². The second kappa shape index (κ2) is 11.7. The Morgan fingerprint density at radius 2 is 1.85 bits per heavy atom. The zero-order valence-electron chi connectivity index (χ0n) is 18.3. The highest BCUT2D eigenvalue weighted by Crippen LogP contribution is 2.37. The summed E-state index contributed by atoms with van der Waals surface area (Å²) >= 11 is 6.46. The molecule has 0 radical (unpaired) electrons. The Labute approximate surface area is 196 Å². The Kier molecular flexibility index (Phi) is 8.49. The van der Waals surface area contributed by atoms with E-state index in [4.69, 9.17) is 25.8 Å². The lowest BCUT2D eigenvalue weighted by Crippen LogP contribution is -2.07. The normalized spacial score (nSPS) is 10.8. The van der Waals surface area contributed by atoms with Crippen LogP contribution < -0.4 is 19.6 Å². The van der Waals surface area contributed by atoms with Crippen molar-refractivity contribution in [2.45, 2.75) is 20.1 Å². The average Bonchev–Trinajstić information content (AvgIpc) is 2.82. The van der Waals surface area contributed by atoms with Crippen molar-refractivity contribution in [3.63, 3.8) is 0 Å². The van der Waals surface area contributed by atoms with Gasteiger partial charge in [-0.15, -0.1) is 0 Å². The van der Waals surface area contributed by atoms with E-state index in [0.717, 1.165) is 22.4 Å². The van der Waals surface area contributed by atoms with Crippen LogP contribution in [0.1, 0.15) is 23.6 Å². The van der Waals surface area contributed by atoms with Gasteiger partial charge in [0.05, 0.1) is 36.4 Å². The highest BCUT2D eigenvalue weighted by molar-refractivity contribution is 6.32. The number of hydrogen-bond donors (Lipinski definition) is 1. The molecule has 0 bridgehead atoms. The minimum atomic E-state index is -0.444. The molecule has 0 heterocycles. The molecule has 3 aromatic carbocycles. The monoisotopic (exact) mass is 469 g/mol. The molecule has 0 aliphatic rings. The van der Waals surface area contributed by atoms with E-state index in [1.165, 1.54) is 12.1 Å². The summed E-state index contributed by atoms with van der Waals surface area (Å²) in [5, 5.41) is 15.4. The second-order valence-electron chi connectivity index (χ2n) is 6.88. The number of hydrogen-bond acceptors (Lipinski definition) is 7. The average molecular weight is 470 g/mol. The number of para-hydroxylation sites is 1. The predicted molar refractivity (Wildman–Crippen MR) is 127 cm³/mol. The quantitative estimate of drug-likeness (QED) is 0.231. The van der Waals surface area contributed by atoms with Crippen molar-refractivity contribution >= 4 is 23.5 Å². The summed E-state index contributed by atoms with van der Waals surface area (Å²) in [6.45, 7) is 2.98. The van der Waals surface area contributed by atoms with Gasteiger partial charge in [-0.05, 0) is 48.4 Å². The summed E-state index contributed by atoms with van der Waals surface area (Å²) < 4.78 is 16.9. The molecule has 0 spiro atoms. The van der Waals surface area contributed by atoms with E-state index in [1.807, 2.05) is 31.2 Å². The zero-order valence-corrected chi connectivity index (χ0v) is 19.0. The third-order valence-electron chi connectivity index (χ3n) is 4.63. The van der Waals surface area contributed by atoms with Crippen molar-refractivity contribution in [2.24, 2.45) is 5.10 Å². The number of halogens is 1. The second-order valence-corrected chi connectivity index (χ2v) is 7.29. The molecule has 0 saturated carbocycles. The number of rotatable bonds is 11. The van der Waals surface area contributed by atoms with Crippen LogP contribution in [-0.2, 0) is 13.2 Å². The molecule has 3 rings (SSSR count). The van der Waals surface area contributed by atoms with E-state index in [-0.39, 0.29) is 12.3 Å². The molecule has 1 N–H and O–H groups in total. The topological polar surface area (TPSA) is 95.2 Å². The maximum absolute atomic E-state index is 10.8. The first-order chi connectivity index (χ1) is 16.0. The summed E-state index contributed by atoms with van der Waals surface area (Å²) in [7, 11) is 1.63. The number of nitrogens with one attached hydrogen (secondary N) is 1. The molecule has 3 aromatic rings. The summed E-state index contributed by atoms with van der Waals surface area (Å²) in [6.07, 6.45) is 1.64. The zero-order chi connectivity index (χ0) is 23.6. The molecule has 0 aliphatic heterocycles. The Morgan fingerprint density at radius 3 is 2.55 bits per heavy atom. The van der Waals surface area contributed by atoms with Crippen molar-refractivity contribution in [1.82, 2.24) is 5.43 Å². The smallest absolute Gasteiger partial charge is 0.269 e. The first kappa shape index (κ1) is 23.9. The molecule has 172 valence electrons. The van der Waals surface area contributed by atoms with Crippen molar-refractivity contribution < 1.29 is 19.1 Å². The van der Waals surface area contributed by atoms with Gasteiger partial charge >= 0.3 is 0 Å². The minimum Gasteiger partial charge on any atom is -0.496 e. The predicted octanol–water partition coefficient (Wildman–Crippen LogP) is 5.36. The molecular formula is C24H24ClN3O5. The fourth-order valence-electron chi connectivity index (χ4n) is 3.03. The maximum Gasteiger partial charge on any atom is 0.269 e. The van der Waals surface area contributed by atoms with Gasteiger partial charge < -0.3 is 19.6 Å². The highest BCUT2D eigenvalue weighted by Gasteiger charge is 2.13. The standard InChI is InChI=1S/C24H24ClN3O5/c1-3-32-23-13-18(14-26-27-15-19-6-4-5-7-22(19)31-2)12-21(25)24(23)33-16-17-8-10-20(11-9-17)28(29)30/h4-14,27H,3,15-16H2,1-2H3/b26-14+. The SMILES string of the molecule is CCOc1cc(/C=N/NCc2ccccc2OC)cc(Cl)c1OCc1ccc([N+](=O)[O-])cc1. The molecular weight excluding hydrogens is 446 g/mol. The van der Waals surface area contributed by atoms with E-state index in [2.05, 4.69) is 10.5 Å². The highest BCUT2D eigenvalue weighted by atomic mass is 35.5. The summed E-state index contributed by atoms with van der Waals surface area (Å²) in [5.74, 6) is 1.67. The first-order valence-electron chi connectivity index (χ1n) is 10.2. The van der Waals surface area contributed by atoms with Crippen molar-refractivity contribution in [2.75, 3.05) is 13.7 Å². The Hall–Kier alpha value is -3.78. The lowest BCUT2D eigenvalue weighted by molar-refractivity contribution is -0.384. The molecule has 0 fully saturated rings. The van der Waals surface area contributed by atoms with E-state index in [0.29, 0.717) is 29.7 Å². The number of nitro groups is 1. The van der Waals surface area contributed by atoms with Gasteiger partial charge in [0.1, 0.15) is 12.4 Å². The number of nitro benzene ring substituents is 1. The van der Waals surface area contributed by atoms with Crippen molar-refractivity contribution in [3.8, 4) is 17.2 Å². The van der Waals surface area contributed by atoms with Gasteiger partial charge in [0.2, 0.25) is 0 Å². The molecule has 0 unspecified atom stereocenters. The number of hydrazone groups is 1. The maximum atomic E-state index is 10.8. The van der Waals surface area contributed by atoms with Crippen LogP contribution in [0.15, 0.2) is 65.8 Å². The van der Waals surface area contributed by atoms with Crippen LogP contribution in [0.2, 0.25) is 5.02 Å². The fourth-order valence-corrected chi connectivity index (χ4v) is 3.31. The molecule has 0 aromatic heterocycles. The van der Waals surface area contributed by atoms with Crippen LogP contribution in [0.3, 0.4) is 0 Å². The van der Waals surface area contributed by atoms with Crippen LogP contribution >= 0.6 is 11.6 Å². The summed E-state index contributed by atoms with van der Waals surface area (Å²) in [4.78, 5) is 10.4. The number of benzene rings is 3. The third-order valence-corrected chi connectivity index (χ3v) is 4.91. The number of ether oxygens (including phenoxy) is 3. The lowest BCUT2D eigenvalue weighted by Gasteiger charge is -2.14. The summed E-state index contributed by atoms with van der Waals surface area (Å²) in [5.41, 5.74) is 5.51. The number of non-ortho nitro benzene ring substituents is 1. The first-order valence-corrected chi connectivity index (χ1v) is 10.6. The van der Waals surface area contributed by atoms with Crippen LogP contribution in [0.4, 0.5) is 5.69 Å².